The summed E-state index contributed by atoms with van der Waals surface area (Å²) in [6.45, 7) is 2.52. The van der Waals surface area contributed by atoms with Crippen molar-refractivity contribution in [2.75, 3.05) is 51.4 Å². The van der Waals surface area contributed by atoms with Gasteiger partial charge in [-0.3, -0.25) is 9.59 Å². The molecule has 0 bridgehead atoms. The maximum atomic E-state index is 13.5. The maximum absolute atomic E-state index is 13.5. The summed E-state index contributed by atoms with van der Waals surface area (Å²) >= 11 is 0. The molecular formula is C31H37N5O4. The van der Waals surface area contributed by atoms with Crippen molar-refractivity contribution in [3.63, 3.8) is 0 Å². The van der Waals surface area contributed by atoms with Gasteiger partial charge >= 0.3 is 6.09 Å². The van der Waals surface area contributed by atoms with Crippen molar-refractivity contribution < 1.29 is 19.1 Å². The minimum atomic E-state index is -0.473. The first-order valence-corrected chi connectivity index (χ1v) is 13.7. The van der Waals surface area contributed by atoms with E-state index in [0.29, 0.717) is 24.2 Å². The minimum Gasteiger partial charge on any atom is -0.446 e. The van der Waals surface area contributed by atoms with E-state index in [1.165, 1.54) is 4.90 Å². The Balaban J connectivity index is 1.42. The lowest BCUT2D eigenvalue weighted by atomic mass is 10.0. The quantitative estimate of drug-likeness (QED) is 0.398. The molecule has 0 radical (unpaired) electrons. The number of nitrogens with zero attached hydrogens (tertiary/aromatic N) is 3. The first kappa shape index (κ1) is 28.8. The molecule has 0 unspecified atom stereocenters. The highest BCUT2D eigenvalue weighted by Crippen LogP contribution is 2.33. The van der Waals surface area contributed by atoms with Crippen LogP contribution in [0.3, 0.4) is 0 Å². The lowest BCUT2D eigenvalue weighted by Gasteiger charge is -2.37. The molecule has 1 aliphatic heterocycles. The van der Waals surface area contributed by atoms with Crippen LogP contribution in [0.5, 0.6) is 0 Å². The van der Waals surface area contributed by atoms with Gasteiger partial charge in [0, 0.05) is 49.9 Å². The average Bonchev–Trinajstić information content (AvgIpc) is 3.01. The van der Waals surface area contributed by atoms with E-state index in [1.807, 2.05) is 59.6 Å². The van der Waals surface area contributed by atoms with Crippen LogP contribution in [0, 0.1) is 0 Å². The Kier molecular flexibility index (Phi) is 10.3. The summed E-state index contributed by atoms with van der Waals surface area (Å²) < 4.78 is 5.74. The Hall–Kier alpha value is -4.21. The first-order chi connectivity index (χ1) is 19.5. The topological polar surface area (TPSA) is 108 Å². The Morgan fingerprint density at radius 3 is 2.23 bits per heavy atom. The number of benzene rings is 3. The van der Waals surface area contributed by atoms with Crippen LogP contribution < -0.4 is 16.1 Å². The lowest BCUT2D eigenvalue weighted by molar-refractivity contribution is 0.0732. The van der Waals surface area contributed by atoms with E-state index >= 15 is 0 Å². The van der Waals surface area contributed by atoms with Crippen LogP contribution in [-0.2, 0) is 4.74 Å². The number of nitrogens with one attached hydrogen (secondary N) is 1. The van der Waals surface area contributed by atoms with Crippen LogP contribution >= 0.6 is 0 Å². The first-order valence-electron chi connectivity index (χ1n) is 13.7. The molecule has 9 heteroatoms. The number of hydrogen-bond acceptors (Lipinski definition) is 6. The third-order valence-corrected chi connectivity index (χ3v) is 6.83. The average molecular weight is 544 g/mol. The van der Waals surface area contributed by atoms with Crippen LogP contribution in [-0.4, -0.2) is 74.2 Å². The normalized spacial score (nSPS) is 13.3. The van der Waals surface area contributed by atoms with E-state index in [4.69, 9.17) is 10.5 Å². The van der Waals surface area contributed by atoms with Crippen molar-refractivity contribution in [2.24, 2.45) is 5.73 Å². The number of piperidine rings is 1. The van der Waals surface area contributed by atoms with Gasteiger partial charge in [0.05, 0.1) is 12.2 Å². The largest absolute Gasteiger partial charge is 0.446 e. The van der Waals surface area contributed by atoms with Crippen LogP contribution in [0.2, 0.25) is 0 Å². The van der Waals surface area contributed by atoms with Crippen molar-refractivity contribution in [3.8, 4) is 11.1 Å². The number of likely N-dealkylation sites (N-methyl/N-ethyl adjacent to an activating group) is 1. The van der Waals surface area contributed by atoms with Crippen molar-refractivity contribution in [1.82, 2.24) is 15.2 Å². The molecule has 0 saturated carbocycles. The van der Waals surface area contributed by atoms with Crippen molar-refractivity contribution in [2.45, 2.75) is 19.3 Å². The van der Waals surface area contributed by atoms with Crippen LogP contribution in [0.25, 0.3) is 11.1 Å². The number of anilines is 1. The molecule has 0 aromatic heterocycles. The Bertz CT molecular complexity index is 1280. The molecule has 3 aromatic rings. The Morgan fingerprint density at radius 1 is 0.875 bits per heavy atom. The summed E-state index contributed by atoms with van der Waals surface area (Å²) in [6.07, 6.45) is 2.66. The zero-order valence-electron chi connectivity index (χ0n) is 22.9. The molecule has 1 fully saturated rings. The molecule has 3 N–H and O–H groups in total. The van der Waals surface area contributed by atoms with E-state index in [2.05, 4.69) is 5.32 Å². The number of carbonyl (C=O) groups excluding carboxylic acids is 3. The molecule has 0 aliphatic carbocycles. The Morgan fingerprint density at radius 2 is 1.52 bits per heavy atom. The van der Waals surface area contributed by atoms with Gasteiger partial charge < -0.3 is 20.7 Å². The standard InChI is InChI=1S/C31H37N5O4/c1-34(30(38)26-16-14-25(15-17-26)29(37)33-19-18-32)22-23-40-31(39)36(35-20-8-3-9-21-35)28-13-7-6-12-27(28)24-10-4-2-5-11-24/h2,4-7,10-17H,3,8-9,18-23,32H2,1H3,(H,33,37). The second-order valence-corrected chi connectivity index (χ2v) is 9.67. The summed E-state index contributed by atoms with van der Waals surface area (Å²) in [7, 11) is 1.66. The van der Waals surface area contributed by atoms with Gasteiger partial charge in [-0.15, -0.1) is 0 Å². The number of nitrogens with two attached hydrogens (primary N) is 1. The van der Waals surface area contributed by atoms with Crippen LogP contribution in [0.4, 0.5) is 10.5 Å². The molecule has 4 rings (SSSR count). The summed E-state index contributed by atoms with van der Waals surface area (Å²) in [5.41, 5.74) is 9.04. The van der Waals surface area contributed by atoms with E-state index in [-0.39, 0.29) is 25.0 Å². The molecule has 40 heavy (non-hydrogen) atoms. The molecule has 1 aliphatic rings. The predicted octanol–water partition coefficient (Wildman–Crippen LogP) is 4.16. The highest BCUT2D eigenvalue weighted by molar-refractivity contribution is 5.98. The van der Waals surface area contributed by atoms with Gasteiger partial charge in [0.25, 0.3) is 11.8 Å². The Labute approximate surface area is 235 Å². The van der Waals surface area contributed by atoms with Crippen molar-refractivity contribution >= 4 is 23.6 Å². The lowest BCUT2D eigenvalue weighted by Crippen LogP contribution is -2.50. The van der Waals surface area contributed by atoms with Gasteiger partial charge in [-0.25, -0.2) is 14.8 Å². The second kappa shape index (κ2) is 14.3. The number of carbonyl (C=O) groups is 3. The predicted molar refractivity (Wildman–Crippen MR) is 156 cm³/mol. The van der Waals surface area contributed by atoms with Crippen LogP contribution in [0.15, 0.2) is 78.9 Å². The summed E-state index contributed by atoms with van der Waals surface area (Å²) in [6, 6.07) is 24.2. The van der Waals surface area contributed by atoms with Crippen molar-refractivity contribution in [1.29, 1.82) is 0 Å². The summed E-state index contributed by atoms with van der Waals surface area (Å²) in [4.78, 5) is 40.0. The second-order valence-electron chi connectivity index (χ2n) is 9.67. The molecule has 1 heterocycles. The number of amides is 3. The molecule has 1 saturated heterocycles. The van der Waals surface area contributed by atoms with Gasteiger partial charge in [-0.2, -0.15) is 0 Å². The molecule has 3 aromatic carbocycles. The zero-order valence-corrected chi connectivity index (χ0v) is 22.9. The fourth-order valence-electron chi connectivity index (χ4n) is 4.67. The van der Waals surface area contributed by atoms with Crippen molar-refractivity contribution in [3.05, 3.63) is 90.0 Å². The summed E-state index contributed by atoms with van der Waals surface area (Å²) in [5.74, 6) is -0.468. The number of rotatable bonds is 10. The number of hydrogen-bond donors (Lipinski definition) is 2. The van der Waals surface area contributed by atoms with Gasteiger partial charge in [-0.1, -0.05) is 55.0 Å². The van der Waals surface area contributed by atoms with E-state index in [0.717, 1.165) is 49.2 Å². The molecule has 3 amide bonds. The number of para-hydroxylation sites is 1. The zero-order chi connectivity index (χ0) is 28.3. The SMILES string of the molecule is CN(CCOC(=O)N(c1ccccc1-c1ccccc1)N1CCCCC1)C(=O)c1ccc(C(=O)NCCN)cc1. The van der Waals surface area contributed by atoms with Gasteiger partial charge in [0.2, 0.25) is 0 Å². The fraction of sp³-hybridized carbons (Fsp3) is 0.323. The summed E-state index contributed by atoms with van der Waals surface area (Å²) in [5, 5.41) is 6.40. The monoisotopic (exact) mass is 543 g/mol. The van der Waals surface area contributed by atoms with E-state index in [1.54, 1.807) is 36.3 Å². The third kappa shape index (κ3) is 7.25. The number of ether oxygens (including phenoxy) is 1. The minimum absolute atomic E-state index is 0.0402. The fourth-order valence-corrected chi connectivity index (χ4v) is 4.67. The number of hydrazine groups is 1. The molecule has 210 valence electrons. The molecule has 0 atom stereocenters. The van der Waals surface area contributed by atoms with Crippen LogP contribution in [0.1, 0.15) is 40.0 Å². The highest BCUT2D eigenvalue weighted by atomic mass is 16.6. The van der Waals surface area contributed by atoms with Gasteiger partial charge in [0.1, 0.15) is 6.61 Å². The maximum Gasteiger partial charge on any atom is 0.429 e. The smallest absolute Gasteiger partial charge is 0.429 e. The molecule has 0 spiro atoms. The molecular weight excluding hydrogens is 506 g/mol. The van der Waals surface area contributed by atoms with Gasteiger partial charge in [-0.05, 0) is 48.7 Å². The highest BCUT2D eigenvalue weighted by Gasteiger charge is 2.28. The van der Waals surface area contributed by atoms with Gasteiger partial charge in [0.15, 0.2) is 0 Å². The van der Waals surface area contributed by atoms with E-state index < -0.39 is 6.09 Å². The van der Waals surface area contributed by atoms with E-state index in [9.17, 15) is 14.4 Å². The third-order valence-electron chi connectivity index (χ3n) is 6.83. The molecule has 9 nitrogen and oxygen atoms in total.